The fourth-order valence-corrected chi connectivity index (χ4v) is 2.65. The van der Waals surface area contributed by atoms with Crippen molar-refractivity contribution in [2.45, 2.75) is 19.4 Å². The Morgan fingerprint density at radius 2 is 2.19 bits per heavy atom. The number of carbonyl (C=O) groups excluding carboxylic acids is 1. The topological polar surface area (TPSA) is 55.6 Å². The lowest BCUT2D eigenvalue weighted by atomic mass is 9.96. The van der Waals surface area contributed by atoms with E-state index in [-0.39, 0.29) is 11.9 Å². The Hall–Kier alpha value is -1.83. The molecule has 0 atom stereocenters. The van der Waals surface area contributed by atoms with Gasteiger partial charge in [0.05, 0.1) is 19.6 Å². The molecule has 0 spiro atoms. The first-order valence-electron chi connectivity index (χ1n) is 7.31. The molecule has 1 fully saturated rings. The summed E-state index contributed by atoms with van der Waals surface area (Å²) in [6.45, 7) is 3.13. The number of hydrogen-bond donors (Lipinski definition) is 1. The maximum atomic E-state index is 11.5. The first-order valence-corrected chi connectivity index (χ1v) is 7.31. The summed E-state index contributed by atoms with van der Waals surface area (Å²) in [5, 5.41) is 0. The highest BCUT2D eigenvalue weighted by molar-refractivity contribution is 5.72. The minimum Gasteiger partial charge on any atom is -0.469 e. The molecule has 0 amide bonds. The van der Waals surface area contributed by atoms with Crippen molar-refractivity contribution in [1.82, 2.24) is 4.90 Å². The van der Waals surface area contributed by atoms with Crippen LogP contribution in [0.3, 0.4) is 0 Å². The van der Waals surface area contributed by atoms with Gasteiger partial charge in [0.15, 0.2) is 0 Å². The summed E-state index contributed by atoms with van der Waals surface area (Å²) in [5.74, 6) is 5.92. The number of piperidine rings is 1. The number of likely N-dealkylation sites (tertiary alicyclic amines) is 1. The van der Waals surface area contributed by atoms with Gasteiger partial charge in [-0.3, -0.25) is 9.69 Å². The third-order valence-electron chi connectivity index (χ3n) is 3.79. The van der Waals surface area contributed by atoms with E-state index >= 15 is 0 Å². The second kappa shape index (κ2) is 7.82. The van der Waals surface area contributed by atoms with Gasteiger partial charge in [0.1, 0.15) is 0 Å². The maximum Gasteiger partial charge on any atom is 0.308 e. The van der Waals surface area contributed by atoms with E-state index in [4.69, 9.17) is 10.5 Å². The highest BCUT2D eigenvalue weighted by Crippen LogP contribution is 2.20. The third kappa shape index (κ3) is 4.59. The van der Waals surface area contributed by atoms with Crippen LogP contribution in [0.15, 0.2) is 24.3 Å². The van der Waals surface area contributed by atoms with Gasteiger partial charge in [-0.1, -0.05) is 24.0 Å². The fourth-order valence-electron chi connectivity index (χ4n) is 2.65. The standard InChI is InChI=1S/C17H22N2O2/c1-21-17(20)16-7-10-19(11-8-16)13-15-5-2-4-14(12-15)6-3-9-18/h2,4-5,12,16H,7-11,13,18H2,1H3. The zero-order valence-electron chi connectivity index (χ0n) is 12.5. The summed E-state index contributed by atoms with van der Waals surface area (Å²) in [7, 11) is 1.46. The molecule has 2 rings (SSSR count). The van der Waals surface area contributed by atoms with Gasteiger partial charge in [-0.25, -0.2) is 0 Å². The lowest BCUT2D eigenvalue weighted by molar-refractivity contribution is -0.147. The molecule has 0 aliphatic carbocycles. The van der Waals surface area contributed by atoms with Gasteiger partial charge < -0.3 is 10.5 Å². The minimum atomic E-state index is -0.0753. The maximum absolute atomic E-state index is 11.5. The molecule has 0 aromatic heterocycles. The van der Waals surface area contributed by atoms with Crippen molar-refractivity contribution >= 4 is 5.97 Å². The molecule has 1 aromatic carbocycles. The van der Waals surface area contributed by atoms with Crippen molar-refractivity contribution in [3.63, 3.8) is 0 Å². The van der Waals surface area contributed by atoms with Crippen LogP contribution in [0.1, 0.15) is 24.0 Å². The van der Waals surface area contributed by atoms with Crippen LogP contribution in [0.4, 0.5) is 0 Å². The molecule has 0 bridgehead atoms. The van der Waals surface area contributed by atoms with E-state index in [1.165, 1.54) is 12.7 Å². The smallest absolute Gasteiger partial charge is 0.308 e. The summed E-state index contributed by atoms with van der Waals surface area (Å²) in [6, 6.07) is 8.24. The summed E-state index contributed by atoms with van der Waals surface area (Å²) in [5.41, 5.74) is 7.64. The molecule has 4 nitrogen and oxygen atoms in total. The lowest BCUT2D eigenvalue weighted by Crippen LogP contribution is -2.36. The Morgan fingerprint density at radius 1 is 1.43 bits per heavy atom. The Labute approximate surface area is 126 Å². The van der Waals surface area contributed by atoms with Gasteiger partial charge in [-0.15, -0.1) is 0 Å². The molecule has 0 unspecified atom stereocenters. The molecule has 1 heterocycles. The summed E-state index contributed by atoms with van der Waals surface area (Å²) in [6.07, 6.45) is 1.75. The Kier molecular flexibility index (Phi) is 5.79. The molecule has 1 saturated heterocycles. The number of esters is 1. The SMILES string of the molecule is COC(=O)C1CCN(Cc2cccc(C#CCN)c2)CC1. The van der Waals surface area contributed by atoms with Crippen molar-refractivity contribution in [1.29, 1.82) is 0 Å². The molecule has 112 valence electrons. The molecule has 0 radical (unpaired) electrons. The molecule has 2 N–H and O–H groups in total. The van der Waals surface area contributed by atoms with E-state index in [0.29, 0.717) is 6.54 Å². The van der Waals surface area contributed by atoms with Crippen LogP contribution in [0.5, 0.6) is 0 Å². The number of hydrogen-bond acceptors (Lipinski definition) is 4. The molecule has 21 heavy (non-hydrogen) atoms. The minimum absolute atomic E-state index is 0.0630. The highest BCUT2D eigenvalue weighted by atomic mass is 16.5. The first kappa shape index (κ1) is 15.6. The van der Waals surface area contributed by atoms with Crippen LogP contribution in [0.2, 0.25) is 0 Å². The van der Waals surface area contributed by atoms with Gasteiger partial charge in [-0.2, -0.15) is 0 Å². The molecule has 1 aromatic rings. The lowest BCUT2D eigenvalue weighted by Gasteiger charge is -2.30. The number of carbonyl (C=O) groups is 1. The predicted molar refractivity (Wildman–Crippen MR) is 82.4 cm³/mol. The van der Waals surface area contributed by atoms with Crippen LogP contribution in [-0.4, -0.2) is 37.6 Å². The van der Waals surface area contributed by atoms with Gasteiger partial charge in [0.2, 0.25) is 0 Å². The molecule has 1 aliphatic heterocycles. The Bertz CT molecular complexity index is 537. The van der Waals surface area contributed by atoms with Crippen molar-refractivity contribution < 1.29 is 9.53 Å². The third-order valence-corrected chi connectivity index (χ3v) is 3.79. The second-order valence-electron chi connectivity index (χ2n) is 5.28. The van der Waals surface area contributed by atoms with Gasteiger partial charge in [-0.05, 0) is 43.6 Å². The molecular weight excluding hydrogens is 264 g/mol. The van der Waals surface area contributed by atoms with Crippen molar-refractivity contribution in [2.24, 2.45) is 11.7 Å². The van der Waals surface area contributed by atoms with E-state index in [1.807, 2.05) is 12.1 Å². The van der Waals surface area contributed by atoms with E-state index in [9.17, 15) is 4.79 Å². The number of ether oxygens (including phenoxy) is 1. The van der Waals surface area contributed by atoms with Gasteiger partial charge >= 0.3 is 5.97 Å². The normalized spacial score (nSPS) is 16.1. The Balaban J connectivity index is 1.90. The molecule has 1 aliphatic rings. The van der Waals surface area contributed by atoms with Gasteiger partial charge in [0.25, 0.3) is 0 Å². The van der Waals surface area contributed by atoms with E-state index in [1.54, 1.807) is 0 Å². The quantitative estimate of drug-likeness (QED) is 0.674. The predicted octanol–water partition coefficient (Wildman–Crippen LogP) is 1.38. The van der Waals surface area contributed by atoms with Crippen molar-refractivity contribution in [3.05, 3.63) is 35.4 Å². The fraction of sp³-hybridized carbons (Fsp3) is 0.471. The largest absolute Gasteiger partial charge is 0.469 e. The average molecular weight is 286 g/mol. The van der Waals surface area contributed by atoms with E-state index in [2.05, 4.69) is 28.9 Å². The average Bonchev–Trinajstić information content (AvgIpc) is 2.53. The first-order chi connectivity index (χ1) is 10.2. The zero-order valence-corrected chi connectivity index (χ0v) is 12.5. The molecule has 4 heteroatoms. The Morgan fingerprint density at radius 3 is 2.86 bits per heavy atom. The zero-order chi connectivity index (χ0) is 15.1. The molecular formula is C17H22N2O2. The number of benzene rings is 1. The van der Waals surface area contributed by atoms with E-state index < -0.39 is 0 Å². The van der Waals surface area contributed by atoms with Gasteiger partial charge in [0, 0.05) is 12.1 Å². The van der Waals surface area contributed by atoms with E-state index in [0.717, 1.165) is 38.0 Å². The van der Waals surface area contributed by atoms with Crippen molar-refractivity contribution in [2.75, 3.05) is 26.7 Å². The summed E-state index contributed by atoms with van der Waals surface area (Å²) < 4.78 is 4.81. The van der Waals surface area contributed by atoms with Crippen LogP contribution in [0.25, 0.3) is 0 Å². The van der Waals surface area contributed by atoms with Crippen LogP contribution in [-0.2, 0) is 16.1 Å². The second-order valence-corrected chi connectivity index (χ2v) is 5.28. The van der Waals surface area contributed by atoms with Crippen LogP contribution in [0, 0.1) is 17.8 Å². The monoisotopic (exact) mass is 286 g/mol. The number of nitrogens with two attached hydrogens (primary N) is 1. The number of nitrogens with zero attached hydrogens (tertiary/aromatic N) is 1. The highest BCUT2D eigenvalue weighted by Gasteiger charge is 2.25. The van der Waals surface area contributed by atoms with Crippen LogP contribution < -0.4 is 5.73 Å². The number of methoxy groups -OCH3 is 1. The van der Waals surface area contributed by atoms with Crippen LogP contribution >= 0.6 is 0 Å². The van der Waals surface area contributed by atoms with Crippen molar-refractivity contribution in [3.8, 4) is 11.8 Å². The summed E-state index contributed by atoms with van der Waals surface area (Å²) >= 11 is 0. The molecule has 0 saturated carbocycles. The summed E-state index contributed by atoms with van der Waals surface area (Å²) in [4.78, 5) is 13.9. The number of rotatable bonds is 3.